The molecule has 0 fully saturated rings. The lowest BCUT2D eigenvalue weighted by atomic mass is 10.1. The first-order valence-electron chi connectivity index (χ1n) is 9.68. The molecule has 0 aliphatic carbocycles. The van der Waals surface area contributed by atoms with Crippen molar-refractivity contribution < 1.29 is 9.59 Å². The third-order valence-electron chi connectivity index (χ3n) is 4.79. The molecule has 0 heterocycles. The van der Waals surface area contributed by atoms with E-state index in [0.717, 1.165) is 23.1 Å². The van der Waals surface area contributed by atoms with Crippen LogP contribution in [0.3, 0.4) is 0 Å². The number of carbonyl (C=O) groups excluding carboxylic acids is 2. The van der Waals surface area contributed by atoms with Crippen LogP contribution < -0.4 is 5.32 Å². The molecule has 4 heteroatoms. The second-order valence-electron chi connectivity index (χ2n) is 6.90. The molecule has 2 rings (SSSR count). The summed E-state index contributed by atoms with van der Waals surface area (Å²) in [5, 5.41) is 2.91. The van der Waals surface area contributed by atoms with Gasteiger partial charge >= 0.3 is 0 Å². The first-order valence-corrected chi connectivity index (χ1v) is 9.68. The smallest absolute Gasteiger partial charge is 0.242 e. The monoisotopic (exact) mass is 366 g/mol. The molecule has 2 aromatic rings. The van der Waals surface area contributed by atoms with Gasteiger partial charge in [-0.1, -0.05) is 61.5 Å². The molecule has 0 saturated heterocycles. The Bertz CT molecular complexity index is 743. The zero-order valence-electron chi connectivity index (χ0n) is 16.6. The Kier molecular flexibility index (Phi) is 8.05. The van der Waals surface area contributed by atoms with Gasteiger partial charge in [0.1, 0.15) is 6.04 Å². The van der Waals surface area contributed by atoms with Crippen molar-refractivity contribution in [3.63, 3.8) is 0 Å². The molecule has 2 amide bonds. The second kappa shape index (κ2) is 10.5. The molecule has 1 N–H and O–H groups in total. The SMILES string of the molecule is CCCNC(=O)C(C)N(Cc1ccccc1C)C(=O)CCc1ccccc1. The summed E-state index contributed by atoms with van der Waals surface area (Å²) < 4.78 is 0. The summed E-state index contributed by atoms with van der Waals surface area (Å²) in [5.74, 6) is -0.0975. The van der Waals surface area contributed by atoms with E-state index in [9.17, 15) is 9.59 Å². The molecule has 4 nitrogen and oxygen atoms in total. The fourth-order valence-electron chi connectivity index (χ4n) is 2.99. The lowest BCUT2D eigenvalue weighted by Gasteiger charge is -2.29. The Hall–Kier alpha value is -2.62. The first kappa shape index (κ1) is 20.7. The van der Waals surface area contributed by atoms with Crippen molar-refractivity contribution in [2.75, 3.05) is 6.54 Å². The normalized spacial score (nSPS) is 11.7. The van der Waals surface area contributed by atoms with Gasteiger partial charge in [0.25, 0.3) is 0 Å². The minimum Gasteiger partial charge on any atom is -0.354 e. The molecule has 0 radical (unpaired) electrons. The Morgan fingerprint density at radius 2 is 1.70 bits per heavy atom. The van der Waals surface area contributed by atoms with Crippen LogP contribution in [0.4, 0.5) is 0 Å². The van der Waals surface area contributed by atoms with Gasteiger partial charge in [-0.05, 0) is 43.4 Å². The highest BCUT2D eigenvalue weighted by Gasteiger charge is 2.26. The quantitative estimate of drug-likeness (QED) is 0.732. The molecule has 2 aromatic carbocycles. The molecular weight excluding hydrogens is 336 g/mol. The summed E-state index contributed by atoms with van der Waals surface area (Å²) in [6, 6.07) is 17.5. The maximum absolute atomic E-state index is 13.0. The highest BCUT2D eigenvalue weighted by atomic mass is 16.2. The maximum Gasteiger partial charge on any atom is 0.242 e. The molecular formula is C23H30N2O2. The number of carbonyl (C=O) groups is 2. The van der Waals surface area contributed by atoms with Gasteiger partial charge in [-0.25, -0.2) is 0 Å². The van der Waals surface area contributed by atoms with E-state index in [4.69, 9.17) is 0 Å². The number of nitrogens with one attached hydrogen (secondary N) is 1. The van der Waals surface area contributed by atoms with Gasteiger partial charge in [0.15, 0.2) is 0 Å². The molecule has 1 atom stereocenters. The number of amides is 2. The van der Waals surface area contributed by atoms with Crippen molar-refractivity contribution in [1.82, 2.24) is 10.2 Å². The van der Waals surface area contributed by atoms with E-state index < -0.39 is 6.04 Å². The highest BCUT2D eigenvalue weighted by molar-refractivity contribution is 5.87. The standard InChI is InChI=1S/C23H30N2O2/c1-4-16-24-23(27)19(3)25(17-21-13-9-8-10-18(21)2)22(26)15-14-20-11-6-5-7-12-20/h5-13,19H,4,14-17H2,1-3H3,(H,24,27). The summed E-state index contributed by atoms with van der Waals surface area (Å²) in [5.41, 5.74) is 3.32. The van der Waals surface area contributed by atoms with Gasteiger partial charge in [0, 0.05) is 19.5 Å². The van der Waals surface area contributed by atoms with Crippen LogP contribution in [0.25, 0.3) is 0 Å². The summed E-state index contributed by atoms with van der Waals surface area (Å²) in [6.45, 7) is 6.93. The van der Waals surface area contributed by atoms with Gasteiger partial charge in [0.2, 0.25) is 11.8 Å². The van der Waals surface area contributed by atoms with Crippen LogP contribution in [0.15, 0.2) is 54.6 Å². The van der Waals surface area contributed by atoms with E-state index in [-0.39, 0.29) is 11.8 Å². The van der Waals surface area contributed by atoms with Crippen molar-refractivity contribution in [1.29, 1.82) is 0 Å². The molecule has 0 bridgehead atoms. The van der Waals surface area contributed by atoms with Crippen molar-refractivity contribution in [2.45, 2.75) is 52.6 Å². The van der Waals surface area contributed by atoms with Crippen LogP contribution >= 0.6 is 0 Å². The summed E-state index contributed by atoms with van der Waals surface area (Å²) in [6.07, 6.45) is 1.94. The van der Waals surface area contributed by atoms with Gasteiger partial charge < -0.3 is 10.2 Å². The molecule has 0 aliphatic rings. The number of benzene rings is 2. The third kappa shape index (κ3) is 6.24. The van der Waals surface area contributed by atoms with Gasteiger partial charge in [-0.15, -0.1) is 0 Å². The Labute approximate surface area is 162 Å². The zero-order chi connectivity index (χ0) is 19.6. The molecule has 1 unspecified atom stereocenters. The molecule has 27 heavy (non-hydrogen) atoms. The average molecular weight is 367 g/mol. The summed E-state index contributed by atoms with van der Waals surface area (Å²) in [7, 11) is 0. The maximum atomic E-state index is 13.0. The van der Waals surface area contributed by atoms with Crippen molar-refractivity contribution in [3.8, 4) is 0 Å². The first-order chi connectivity index (χ1) is 13.0. The fraction of sp³-hybridized carbons (Fsp3) is 0.391. The highest BCUT2D eigenvalue weighted by Crippen LogP contribution is 2.15. The lowest BCUT2D eigenvalue weighted by Crippen LogP contribution is -2.47. The van der Waals surface area contributed by atoms with E-state index in [2.05, 4.69) is 5.32 Å². The molecule has 0 aliphatic heterocycles. The fourth-order valence-corrected chi connectivity index (χ4v) is 2.99. The van der Waals surface area contributed by atoms with Crippen molar-refractivity contribution >= 4 is 11.8 Å². The van der Waals surface area contributed by atoms with Gasteiger partial charge in [-0.3, -0.25) is 9.59 Å². The third-order valence-corrected chi connectivity index (χ3v) is 4.79. The number of nitrogens with zero attached hydrogens (tertiary/aromatic N) is 1. The van der Waals surface area contributed by atoms with E-state index in [1.807, 2.05) is 75.4 Å². The Morgan fingerprint density at radius 1 is 1.04 bits per heavy atom. The van der Waals surface area contributed by atoms with Crippen LogP contribution in [0.5, 0.6) is 0 Å². The molecule has 144 valence electrons. The summed E-state index contributed by atoms with van der Waals surface area (Å²) in [4.78, 5) is 27.2. The van der Waals surface area contributed by atoms with Gasteiger partial charge in [-0.2, -0.15) is 0 Å². The van der Waals surface area contributed by atoms with Crippen LogP contribution in [-0.4, -0.2) is 29.3 Å². The lowest BCUT2D eigenvalue weighted by molar-refractivity contribution is -0.140. The minimum atomic E-state index is -0.501. The predicted octanol–water partition coefficient (Wildman–Crippen LogP) is 3.87. The number of hydrogen-bond acceptors (Lipinski definition) is 2. The number of rotatable bonds is 9. The topological polar surface area (TPSA) is 49.4 Å². The number of aryl methyl sites for hydroxylation is 2. The van der Waals surface area contributed by atoms with Crippen molar-refractivity contribution in [3.05, 3.63) is 71.3 Å². The predicted molar refractivity (Wildman–Crippen MR) is 109 cm³/mol. The summed E-state index contributed by atoms with van der Waals surface area (Å²) >= 11 is 0. The van der Waals surface area contributed by atoms with Crippen LogP contribution in [-0.2, 0) is 22.6 Å². The molecule has 0 spiro atoms. The van der Waals surface area contributed by atoms with Crippen LogP contribution in [0.2, 0.25) is 0 Å². The van der Waals surface area contributed by atoms with E-state index in [1.54, 1.807) is 4.90 Å². The second-order valence-corrected chi connectivity index (χ2v) is 6.90. The minimum absolute atomic E-state index is 0.00116. The van der Waals surface area contributed by atoms with E-state index in [0.29, 0.717) is 25.9 Å². The van der Waals surface area contributed by atoms with Crippen LogP contribution in [0, 0.1) is 6.92 Å². The molecule has 0 aromatic heterocycles. The van der Waals surface area contributed by atoms with Crippen LogP contribution in [0.1, 0.15) is 43.4 Å². The average Bonchev–Trinajstić information content (AvgIpc) is 2.70. The zero-order valence-corrected chi connectivity index (χ0v) is 16.6. The number of hydrogen-bond donors (Lipinski definition) is 1. The van der Waals surface area contributed by atoms with Gasteiger partial charge in [0.05, 0.1) is 0 Å². The Morgan fingerprint density at radius 3 is 2.37 bits per heavy atom. The Balaban J connectivity index is 2.13. The van der Waals surface area contributed by atoms with E-state index >= 15 is 0 Å². The largest absolute Gasteiger partial charge is 0.354 e. The molecule has 0 saturated carbocycles. The van der Waals surface area contributed by atoms with Crippen molar-refractivity contribution in [2.24, 2.45) is 0 Å². The van der Waals surface area contributed by atoms with E-state index in [1.165, 1.54) is 0 Å².